The zero-order chi connectivity index (χ0) is 13.8. The molecule has 0 saturated carbocycles. The second-order valence-electron chi connectivity index (χ2n) is 4.28. The van der Waals surface area contributed by atoms with Crippen molar-refractivity contribution < 1.29 is 4.74 Å². The number of nitrogens with zero attached hydrogens (tertiary/aromatic N) is 1. The Bertz CT molecular complexity index is 574. The third-order valence-corrected chi connectivity index (χ3v) is 3.26. The van der Waals surface area contributed by atoms with Gasteiger partial charge >= 0.3 is 0 Å². The maximum atomic E-state index is 6.28. The second kappa shape index (κ2) is 6.02. The van der Waals surface area contributed by atoms with Crippen LogP contribution in [-0.4, -0.2) is 12.1 Å². The molecule has 1 unspecified atom stereocenters. The van der Waals surface area contributed by atoms with Crippen molar-refractivity contribution in [3.63, 3.8) is 0 Å². The molecule has 0 radical (unpaired) electrons. The normalized spacial score (nSPS) is 12.2. The van der Waals surface area contributed by atoms with E-state index in [2.05, 4.69) is 10.4 Å². The molecule has 5 heteroatoms. The number of hydrogen-bond acceptors (Lipinski definition) is 4. The molecule has 4 nitrogen and oxygen atoms in total. The zero-order valence-electron chi connectivity index (χ0n) is 10.9. The van der Waals surface area contributed by atoms with E-state index in [0.717, 1.165) is 16.7 Å². The first-order valence-electron chi connectivity index (χ1n) is 5.87. The van der Waals surface area contributed by atoms with Crippen LogP contribution in [0.3, 0.4) is 0 Å². The Labute approximate surface area is 117 Å². The van der Waals surface area contributed by atoms with Gasteiger partial charge in [-0.1, -0.05) is 23.7 Å². The van der Waals surface area contributed by atoms with E-state index < -0.39 is 0 Å². The van der Waals surface area contributed by atoms with Crippen LogP contribution in [0.2, 0.25) is 5.02 Å². The summed E-state index contributed by atoms with van der Waals surface area (Å²) in [5, 5.41) is 0.672. The molecule has 2 aromatic rings. The number of rotatable bonds is 4. The van der Waals surface area contributed by atoms with Gasteiger partial charge in [0.25, 0.3) is 0 Å². The summed E-state index contributed by atoms with van der Waals surface area (Å²) in [6.07, 6.45) is 3.39. The lowest BCUT2D eigenvalue weighted by Gasteiger charge is -2.18. The summed E-state index contributed by atoms with van der Waals surface area (Å²) in [5.41, 5.74) is 5.67. The summed E-state index contributed by atoms with van der Waals surface area (Å²) in [5.74, 6) is 6.34. The van der Waals surface area contributed by atoms with E-state index in [1.807, 2.05) is 31.2 Å². The number of hydrogen-bond donors (Lipinski definition) is 2. The van der Waals surface area contributed by atoms with Gasteiger partial charge in [0.05, 0.1) is 19.3 Å². The van der Waals surface area contributed by atoms with Gasteiger partial charge in [-0.15, -0.1) is 0 Å². The van der Waals surface area contributed by atoms with Crippen LogP contribution in [-0.2, 0) is 0 Å². The van der Waals surface area contributed by atoms with Crippen LogP contribution in [0.5, 0.6) is 5.75 Å². The van der Waals surface area contributed by atoms with Gasteiger partial charge in [-0.3, -0.25) is 10.8 Å². The number of ether oxygens (including phenoxy) is 1. The highest BCUT2D eigenvalue weighted by Gasteiger charge is 2.16. The summed E-state index contributed by atoms with van der Waals surface area (Å²) < 4.78 is 5.17. The summed E-state index contributed by atoms with van der Waals surface area (Å²) >= 11 is 6.28. The van der Waals surface area contributed by atoms with Crippen LogP contribution in [0.25, 0.3) is 0 Å². The standard InChI is InChI=1S/C14H16ClN3O/c1-9-3-4-12(13(15)5-9)14(18-16)10-6-11(19-2)8-17-7-10/h3-8,14,18H,16H2,1-2H3. The van der Waals surface area contributed by atoms with Gasteiger partial charge in [-0.25, -0.2) is 5.43 Å². The first-order chi connectivity index (χ1) is 9.15. The topological polar surface area (TPSA) is 60.2 Å². The average molecular weight is 278 g/mol. The van der Waals surface area contributed by atoms with Gasteiger partial charge in [0, 0.05) is 11.2 Å². The number of hydrazine groups is 1. The Hall–Kier alpha value is -1.62. The molecule has 3 N–H and O–H groups in total. The van der Waals surface area contributed by atoms with Crippen LogP contribution in [0.15, 0.2) is 36.7 Å². The Morgan fingerprint density at radius 1 is 1.32 bits per heavy atom. The van der Waals surface area contributed by atoms with E-state index in [1.54, 1.807) is 19.5 Å². The molecule has 0 aliphatic rings. The molecule has 0 fully saturated rings. The van der Waals surface area contributed by atoms with E-state index in [0.29, 0.717) is 10.8 Å². The molecule has 0 amide bonds. The van der Waals surface area contributed by atoms with Gasteiger partial charge in [0.1, 0.15) is 5.75 Å². The summed E-state index contributed by atoms with van der Waals surface area (Å²) in [7, 11) is 1.60. The molecule has 1 aromatic carbocycles. The summed E-state index contributed by atoms with van der Waals surface area (Å²) in [6.45, 7) is 1.99. The van der Waals surface area contributed by atoms with E-state index >= 15 is 0 Å². The van der Waals surface area contributed by atoms with Crippen molar-refractivity contribution in [2.75, 3.05) is 7.11 Å². The van der Waals surface area contributed by atoms with Crippen molar-refractivity contribution in [3.8, 4) is 5.75 Å². The first kappa shape index (κ1) is 13.8. The molecule has 1 aromatic heterocycles. The fourth-order valence-corrected chi connectivity index (χ4v) is 2.28. The van der Waals surface area contributed by atoms with E-state index in [4.69, 9.17) is 22.2 Å². The molecule has 2 rings (SSSR count). The van der Waals surface area contributed by atoms with Gasteiger partial charge in [-0.2, -0.15) is 0 Å². The van der Waals surface area contributed by atoms with Gasteiger partial charge in [0.15, 0.2) is 0 Å². The fourth-order valence-electron chi connectivity index (χ4n) is 1.94. The molecule has 0 saturated heterocycles. The SMILES string of the molecule is COc1cncc(C(NN)c2ccc(C)cc2Cl)c1. The smallest absolute Gasteiger partial charge is 0.137 e. The minimum atomic E-state index is -0.226. The van der Waals surface area contributed by atoms with Crippen molar-refractivity contribution in [2.24, 2.45) is 5.84 Å². The zero-order valence-corrected chi connectivity index (χ0v) is 11.6. The third kappa shape index (κ3) is 3.04. The maximum absolute atomic E-state index is 6.28. The fraction of sp³-hybridized carbons (Fsp3) is 0.214. The molecule has 1 heterocycles. The van der Waals surface area contributed by atoms with E-state index in [1.165, 1.54) is 0 Å². The predicted octanol–water partition coefficient (Wildman–Crippen LogP) is 2.60. The minimum Gasteiger partial charge on any atom is -0.495 e. The van der Waals surface area contributed by atoms with Crippen molar-refractivity contribution >= 4 is 11.6 Å². The van der Waals surface area contributed by atoms with E-state index in [-0.39, 0.29) is 6.04 Å². The number of nitrogens with one attached hydrogen (secondary N) is 1. The Balaban J connectivity index is 2.43. The molecule has 19 heavy (non-hydrogen) atoms. The van der Waals surface area contributed by atoms with Gasteiger partial charge < -0.3 is 4.74 Å². The highest BCUT2D eigenvalue weighted by molar-refractivity contribution is 6.31. The highest BCUT2D eigenvalue weighted by atomic mass is 35.5. The molecule has 100 valence electrons. The predicted molar refractivity (Wildman–Crippen MR) is 76.1 cm³/mol. The van der Waals surface area contributed by atoms with Crippen LogP contribution >= 0.6 is 11.6 Å². The van der Waals surface area contributed by atoms with Crippen LogP contribution in [0.4, 0.5) is 0 Å². The number of methoxy groups -OCH3 is 1. The highest BCUT2D eigenvalue weighted by Crippen LogP contribution is 2.29. The Morgan fingerprint density at radius 3 is 2.74 bits per heavy atom. The average Bonchev–Trinajstić information content (AvgIpc) is 2.42. The minimum absolute atomic E-state index is 0.226. The second-order valence-corrected chi connectivity index (χ2v) is 4.69. The third-order valence-electron chi connectivity index (χ3n) is 2.94. The van der Waals surface area contributed by atoms with Crippen LogP contribution < -0.4 is 16.0 Å². The van der Waals surface area contributed by atoms with E-state index in [9.17, 15) is 0 Å². The van der Waals surface area contributed by atoms with Crippen molar-refractivity contribution in [3.05, 3.63) is 58.4 Å². The number of benzene rings is 1. The maximum Gasteiger partial charge on any atom is 0.137 e. The van der Waals surface area contributed by atoms with Crippen LogP contribution in [0.1, 0.15) is 22.7 Å². The molecule has 0 bridgehead atoms. The largest absolute Gasteiger partial charge is 0.495 e. The lowest BCUT2D eigenvalue weighted by Crippen LogP contribution is -2.29. The lowest BCUT2D eigenvalue weighted by atomic mass is 9.99. The molecule has 0 spiro atoms. The molecule has 1 atom stereocenters. The van der Waals surface area contributed by atoms with Crippen molar-refractivity contribution in [1.82, 2.24) is 10.4 Å². The number of pyridine rings is 1. The Kier molecular flexibility index (Phi) is 4.37. The molecular formula is C14H16ClN3O. The van der Waals surface area contributed by atoms with Crippen molar-refractivity contribution in [1.29, 1.82) is 0 Å². The summed E-state index contributed by atoms with van der Waals surface area (Å²) in [4.78, 5) is 4.13. The number of halogens is 1. The number of nitrogens with two attached hydrogens (primary N) is 1. The Morgan fingerprint density at radius 2 is 2.11 bits per heavy atom. The summed E-state index contributed by atoms with van der Waals surface area (Å²) in [6, 6.07) is 7.53. The van der Waals surface area contributed by atoms with Gasteiger partial charge in [-0.05, 0) is 35.7 Å². The lowest BCUT2D eigenvalue weighted by molar-refractivity contribution is 0.411. The quantitative estimate of drug-likeness (QED) is 0.666. The number of aromatic nitrogens is 1. The molecule has 0 aliphatic carbocycles. The first-order valence-corrected chi connectivity index (χ1v) is 6.24. The number of aryl methyl sites for hydroxylation is 1. The van der Waals surface area contributed by atoms with Gasteiger partial charge in [0.2, 0.25) is 0 Å². The van der Waals surface area contributed by atoms with Crippen LogP contribution in [0, 0.1) is 6.92 Å². The monoisotopic (exact) mass is 277 g/mol. The van der Waals surface area contributed by atoms with Crippen molar-refractivity contribution in [2.45, 2.75) is 13.0 Å². The molecule has 0 aliphatic heterocycles. The molecular weight excluding hydrogens is 262 g/mol.